The SMILES string of the molecule is CCOC(=O)C1CCC1n1c(=O)nc(-n2cccn2)[nH]c1=O. The Hall–Kier alpha value is -2.71. The molecule has 0 spiro atoms. The molecule has 0 saturated heterocycles. The third-order valence-electron chi connectivity index (χ3n) is 3.73. The molecular formula is C13H15N5O4. The number of H-pyrrole nitrogens is 1. The van der Waals surface area contributed by atoms with Gasteiger partial charge >= 0.3 is 17.3 Å². The minimum atomic E-state index is -0.701. The summed E-state index contributed by atoms with van der Waals surface area (Å²) in [7, 11) is 0. The lowest BCUT2D eigenvalue weighted by atomic mass is 9.79. The van der Waals surface area contributed by atoms with Crippen LogP contribution in [0.2, 0.25) is 0 Å². The zero-order valence-corrected chi connectivity index (χ0v) is 11.9. The van der Waals surface area contributed by atoms with Crippen LogP contribution in [0.1, 0.15) is 25.8 Å². The molecular weight excluding hydrogens is 290 g/mol. The molecule has 2 aromatic rings. The van der Waals surface area contributed by atoms with Gasteiger partial charge in [0.2, 0.25) is 5.95 Å². The van der Waals surface area contributed by atoms with Crippen molar-refractivity contribution >= 4 is 5.97 Å². The number of aromatic amines is 1. The van der Waals surface area contributed by atoms with Crippen molar-refractivity contribution in [2.75, 3.05) is 6.61 Å². The first-order chi connectivity index (χ1) is 10.6. The van der Waals surface area contributed by atoms with Crippen LogP contribution >= 0.6 is 0 Å². The fourth-order valence-corrected chi connectivity index (χ4v) is 2.53. The number of hydrogen-bond acceptors (Lipinski definition) is 6. The van der Waals surface area contributed by atoms with E-state index in [-0.39, 0.29) is 18.5 Å². The first-order valence-electron chi connectivity index (χ1n) is 7.01. The lowest BCUT2D eigenvalue weighted by Gasteiger charge is -2.34. The Bertz CT molecular complexity index is 760. The molecule has 2 atom stereocenters. The highest BCUT2D eigenvalue weighted by Crippen LogP contribution is 2.37. The highest BCUT2D eigenvalue weighted by Gasteiger charge is 2.40. The standard InChI is InChI=1S/C13H15N5O4/c1-2-22-10(19)8-4-5-9(8)18-12(20)15-11(16-13(18)21)17-7-3-6-14-17/h3,6-9H,2,4-5H2,1H3,(H,15,16,20,21). The number of nitrogens with one attached hydrogen (secondary N) is 1. The summed E-state index contributed by atoms with van der Waals surface area (Å²) in [5, 5.41) is 3.91. The maximum Gasteiger partial charge on any atom is 0.355 e. The van der Waals surface area contributed by atoms with Crippen LogP contribution in [0.3, 0.4) is 0 Å². The van der Waals surface area contributed by atoms with E-state index in [1.54, 1.807) is 19.2 Å². The first kappa shape index (κ1) is 14.2. The van der Waals surface area contributed by atoms with Crippen LogP contribution in [-0.2, 0) is 9.53 Å². The highest BCUT2D eigenvalue weighted by atomic mass is 16.5. The predicted octanol–water partition coefficient (Wildman–Crippen LogP) is -0.368. The number of rotatable bonds is 4. The van der Waals surface area contributed by atoms with Gasteiger partial charge in [-0.15, -0.1) is 0 Å². The van der Waals surface area contributed by atoms with E-state index in [1.807, 2.05) is 0 Å². The molecule has 1 saturated carbocycles. The average molecular weight is 305 g/mol. The molecule has 1 aliphatic carbocycles. The van der Waals surface area contributed by atoms with Crippen molar-refractivity contribution in [1.82, 2.24) is 24.3 Å². The Morgan fingerprint density at radius 2 is 2.27 bits per heavy atom. The molecule has 22 heavy (non-hydrogen) atoms. The highest BCUT2D eigenvalue weighted by molar-refractivity contribution is 5.74. The first-order valence-corrected chi connectivity index (χ1v) is 7.01. The summed E-state index contributed by atoms with van der Waals surface area (Å²) >= 11 is 0. The summed E-state index contributed by atoms with van der Waals surface area (Å²) in [6, 6.07) is 1.14. The second kappa shape index (κ2) is 5.58. The van der Waals surface area contributed by atoms with Crippen LogP contribution in [0.4, 0.5) is 0 Å². The lowest BCUT2D eigenvalue weighted by Crippen LogP contribution is -2.48. The second-order valence-corrected chi connectivity index (χ2v) is 4.97. The van der Waals surface area contributed by atoms with Gasteiger partial charge in [0.1, 0.15) is 0 Å². The van der Waals surface area contributed by atoms with Gasteiger partial charge in [0.05, 0.1) is 18.6 Å². The molecule has 1 aliphatic rings. The van der Waals surface area contributed by atoms with E-state index in [9.17, 15) is 14.4 Å². The zero-order valence-electron chi connectivity index (χ0n) is 11.9. The van der Waals surface area contributed by atoms with E-state index in [2.05, 4.69) is 15.1 Å². The van der Waals surface area contributed by atoms with Crippen molar-refractivity contribution in [2.45, 2.75) is 25.8 Å². The smallest absolute Gasteiger partial charge is 0.355 e. The van der Waals surface area contributed by atoms with Gasteiger partial charge < -0.3 is 4.74 Å². The third-order valence-corrected chi connectivity index (χ3v) is 3.73. The minimum absolute atomic E-state index is 0.0447. The van der Waals surface area contributed by atoms with E-state index in [0.29, 0.717) is 12.8 Å². The number of ether oxygens (including phenoxy) is 1. The van der Waals surface area contributed by atoms with E-state index >= 15 is 0 Å². The van der Waals surface area contributed by atoms with Crippen molar-refractivity contribution in [3.63, 3.8) is 0 Å². The van der Waals surface area contributed by atoms with Gasteiger partial charge in [-0.3, -0.25) is 9.78 Å². The summed E-state index contributed by atoms with van der Waals surface area (Å²) in [6.07, 6.45) is 4.23. The summed E-state index contributed by atoms with van der Waals surface area (Å²) in [6.45, 7) is 1.98. The molecule has 1 N–H and O–H groups in total. The van der Waals surface area contributed by atoms with Crippen LogP contribution in [-0.4, -0.2) is 36.9 Å². The Morgan fingerprint density at radius 3 is 2.82 bits per heavy atom. The van der Waals surface area contributed by atoms with Gasteiger partial charge in [-0.25, -0.2) is 18.8 Å². The summed E-state index contributed by atoms with van der Waals surface area (Å²) in [5.74, 6) is -0.819. The molecule has 1 fully saturated rings. The average Bonchev–Trinajstić information content (AvgIpc) is 2.95. The number of carbonyl (C=O) groups is 1. The number of carbonyl (C=O) groups excluding carboxylic acids is 1. The van der Waals surface area contributed by atoms with Crippen LogP contribution in [0.5, 0.6) is 0 Å². The monoisotopic (exact) mass is 305 g/mol. The molecule has 0 radical (unpaired) electrons. The van der Waals surface area contributed by atoms with E-state index < -0.39 is 23.3 Å². The van der Waals surface area contributed by atoms with Gasteiger partial charge in [-0.2, -0.15) is 10.1 Å². The number of aromatic nitrogens is 5. The fourth-order valence-electron chi connectivity index (χ4n) is 2.53. The predicted molar refractivity (Wildman–Crippen MR) is 74.6 cm³/mol. The molecule has 2 unspecified atom stereocenters. The van der Waals surface area contributed by atoms with Crippen molar-refractivity contribution in [3.05, 3.63) is 39.4 Å². The number of esters is 1. The molecule has 9 nitrogen and oxygen atoms in total. The zero-order chi connectivity index (χ0) is 15.7. The van der Waals surface area contributed by atoms with Crippen LogP contribution in [0.25, 0.3) is 5.95 Å². The maximum atomic E-state index is 12.2. The number of hydrogen-bond donors (Lipinski definition) is 1. The largest absolute Gasteiger partial charge is 0.466 e. The normalized spacial score (nSPS) is 20.4. The summed E-state index contributed by atoms with van der Waals surface area (Å²) in [5.41, 5.74) is -1.31. The summed E-state index contributed by atoms with van der Waals surface area (Å²) in [4.78, 5) is 42.5. The van der Waals surface area contributed by atoms with Gasteiger partial charge in [0, 0.05) is 12.4 Å². The Kier molecular flexibility index (Phi) is 3.61. The summed E-state index contributed by atoms with van der Waals surface area (Å²) < 4.78 is 7.23. The Morgan fingerprint density at radius 1 is 1.45 bits per heavy atom. The molecule has 116 valence electrons. The topological polar surface area (TPSA) is 112 Å². The van der Waals surface area contributed by atoms with Crippen molar-refractivity contribution in [3.8, 4) is 5.95 Å². The molecule has 0 amide bonds. The quantitative estimate of drug-likeness (QED) is 0.771. The molecule has 9 heteroatoms. The second-order valence-electron chi connectivity index (χ2n) is 4.97. The fraction of sp³-hybridized carbons (Fsp3) is 0.462. The van der Waals surface area contributed by atoms with Gasteiger partial charge in [0.15, 0.2) is 0 Å². The molecule has 3 rings (SSSR count). The molecule has 0 aliphatic heterocycles. The van der Waals surface area contributed by atoms with Crippen LogP contribution in [0.15, 0.2) is 28.0 Å². The maximum absolute atomic E-state index is 12.2. The lowest BCUT2D eigenvalue weighted by molar-refractivity contribution is -0.153. The minimum Gasteiger partial charge on any atom is -0.466 e. The van der Waals surface area contributed by atoms with Gasteiger partial charge in [0.25, 0.3) is 0 Å². The molecule has 2 heterocycles. The Balaban J connectivity index is 1.94. The van der Waals surface area contributed by atoms with Crippen molar-refractivity contribution < 1.29 is 9.53 Å². The molecule has 2 aromatic heterocycles. The third kappa shape index (κ3) is 2.34. The Labute approximate surface area is 124 Å². The van der Waals surface area contributed by atoms with E-state index in [0.717, 1.165) is 4.57 Å². The van der Waals surface area contributed by atoms with Crippen LogP contribution < -0.4 is 11.4 Å². The van der Waals surface area contributed by atoms with Crippen molar-refractivity contribution in [1.29, 1.82) is 0 Å². The van der Waals surface area contributed by atoms with E-state index in [1.165, 1.54) is 10.9 Å². The van der Waals surface area contributed by atoms with Crippen LogP contribution in [0, 0.1) is 5.92 Å². The molecule has 0 bridgehead atoms. The van der Waals surface area contributed by atoms with Crippen molar-refractivity contribution in [2.24, 2.45) is 5.92 Å². The van der Waals surface area contributed by atoms with E-state index in [4.69, 9.17) is 4.74 Å². The number of nitrogens with zero attached hydrogens (tertiary/aromatic N) is 4. The molecule has 0 aromatic carbocycles. The van der Waals surface area contributed by atoms with Gasteiger partial charge in [-0.1, -0.05) is 0 Å². The van der Waals surface area contributed by atoms with Gasteiger partial charge in [-0.05, 0) is 25.8 Å².